The molecule has 27 heavy (non-hydrogen) atoms. The summed E-state index contributed by atoms with van der Waals surface area (Å²) in [6, 6.07) is 0. The lowest BCUT2D eigenvalue weighted by atomic mass is 9.99. The summed E-state index contributed by atoms with van der Waals surface area (Å²) in [5, 5.41) is 1.91. The van der Waals surface area contributed by atoms with Gasteiger partial charge in [-0.1, -0.05) is 55.2 Å². The number of allylic oxidation sites excluding steroid dienone is 4. The van der Waals surface area contributed by atoms with Crippen LogP contribution in [0.15, 0.2) is 23.3 Å². The lowest BCUT2D eigenvalue weighted by Crippen LogP contribution is -2.29. The maximum absolute atomic E-state index is 6.15. The van der Waals surface area contributed by atoms with Crippen LogP contribution in [0.3, 0.4) is 0 Å². The number of halogens is 2. The monoisotopic (exact) mass is 510 g/mol. The molecule has 0 rings (SSSR count). The molecule has 0 radical (unpaired) electrons. The minimum Gasteiger partial charge on any atom is -0.356 e. The standard InChI is InChI=1S/C22H40Br2O3/c1-17(2)9-7-11-19(15-23)13-21(25-5)27-22(26-6)14-20(16-24)12-8-10-18(3)4/h9-10,19-22H,7-8,11-16H2,1-6H3. The minimum atomic E-state index is -0.238. The Morgan fingerprint density at radius 1 is 0.741 bits per heavy atom. The minimum absolute atomic E-state index is 0.238. The third-order valence-electron chi connectivity index (χ3n) is 4.57. The molecule has 0 aromatic rings. The molecule has 0 saturated carbocycles. The molecular formula is C22H40Br2O3. The molecule has 0 bridgehead atoms. The highest BCUT2D eigenvalue weighted by Gasteiger charge is 2.22. The largest absolute Gasteiger partial charge is 0.356 e. The second-order valence-corrected chi connectivity index (χ2v) is 8.99. The summed E-state index contributed by atoms with van der Waals surface area (Å²) in [5.74, 6) is 1.04. The van der Waals surface area contributed by atoms with E-state index < -0.39 is 0 Å². The second kappa shape index (κ2) is 17.2. The van der Waals surface area contributed by atoms with Gasteiger partial charge in [-0.2, -0.15) is 0 Å². The van der Waals surface area contributed by atoms with Crippen molar-refractivity contribution in [1.29, 1.82) is 0 Å². The topological polar surface area (TPSA) is 27.7 Å². The molecule has 160 valence electrons. The first-order chi connectivity index (χ1) is 12.9. The predicted octanol–water partition coefficient (Wildman–Crippen LogP) is 7.24. The molecule has 3 nitrogen and oxygen atoms in total. The Bertz CT molecular complexity index is 378. The van der Waals surface area contributed by atoms with Crippen LogP contribution in [0.25, 0.3) is 0 Å². The second-order valence-electron chi connectivity index (χ2n) is 7.70. The van der Waals surface area contributed by atoms with Crippen LogP contribution in [0.4, 0.5) is 0 Å². The lowest BCUT2D eigenvalue weighted by molar-refractivity contribution is -0.238. The van der Waals surface area contributed by atoms with E-state index in [1.807, 2.05) is 0 Å². The van der Waals surface area contributed by atoms with Crippen LogP contribution in [0, 0.1) is 11.8 Å². The molecule has 4 atom stereocenters. The van der Waals surface area contributed by atoms with Crippen molar-refractivity contribution in [1.82, 2.24) is 0 Å². The van der Waals surface area contributed by atoms with Crippen molar-refractivity contribution in [2.24, 2.45) is 11.8 Å². The molecule has 0 spiro atoms. The maximum Gasteiger partial charge on any atom is 0.160 e. The van der Waals surface area contributed by atoms with Crippen molar-refractivity contribution in [3.8, 4) is 0 Å². The SMILES string of the molecule is COC(CC(CBr)CCC=C(C)C)OC(CC(CBr)CCC=C(C)C)OC. The number of alkyl halides is 2. The van der Waals surface area contributed by atoms with Gasteiger partial charge in [0.1, 0.15) is 0 Å². The van der Waals surface area contributed by atoms with Gasteiger partial charge in [0.15, 0.2) is 12.6 Å². The van der Waals surface area contributed by atoms with Crippen molar-refractivity contribution in [2.75, 3.05) is 24.9 Å². The molecule has 0 amide bonds. The molecule has 0 aromatic heterocycles. The van der Waals surface area contributed by atoms with Crippen molar-refractivity contribution >= 4 is 31.9 Å². The third kappa shape index (κ3) is 14.9. The molecule has 0 aliphatic carbocycles. The molecule has 0 aliphatic heterocycles. The van der Waals surface area contributed by atoms with E-state index in [1.54, 1.807) is 14.2 Å². The maximum atomic E-state index is 6.15. The van der Waals surface area contributed by atoms with Gasteiger partial charge in [-0.25, -0.2) is 0 Å². The van der Waals surface area contributed by atoms with Crippen LogP contribution < -0.4 is 0 Å². The Labute approximate surface area is 184 Å². The summed E-state index contributed by atoms with van der Waals surface area (Å²) < 4.78 is 17.4. The van der Waals surface area contributed by atoms with Gasteiger partial charge in [0.05, 0.1) is 0 Å². The van der Waals surface area contributed by atoms with Crippen LogP contribution in [-0.4, -0.2) is 37.5 Å². The average molecular weight is 512 g/mol. The highest BCUT2D eigenvalue weighted by molar-refractivity contribution is 9.09. The smallest absolute Gasteiger partial charge is 0.160 e. The Hall–Kier alpha value is 0.320. The molecule has 4 unspecified atom stereocenters. The number of ether oxygens (including phenoxy) is 3. The van der Waals surface area contributed by atoms with E-state index in [0.29, 0.717) is 11.8 Å². The lowest BCUT2D eigenvalue weighted by Gasteiger charge is -2.27. The van der Waals surface area contributed by atoms with E-state index in [4.69, 9.17) is 14.2 Å². The van der Waals surface area contributed by atoms with Gasteiger partial charge in [0.25, 0.3) is 0 Å². The third-order valence-corrected chi connectivity index (χ3v) is 6.40. The fraction of sp³-hybridized carbons (Fsp3) is 0.818. The first-order valence-electron chi connectivity index (χ1n) is 9.95. The number of hydrogen-bond acceptors (Lipinski definition) is 3. The van der Waals surface area contributed by atoms with E-state index in [-0.39, 0.29) is 12.6 Å². The first-order valence-corrected chi connectivity index (χ1v) is 12.2. The van der Waals surface area contributed by atoms with E-state index in [1.165, 1.54) is 11.1 Å². The van der Waals surface area contributed by atoms with Crippen LogP contribution in [-0.2, 0) is 14.2 Å². The highest BCUT2D eigenvalue weighted by atomic mass is 79.9. The Morgan fingerprint density at radius 2 is 1.11 bits per heavy atom. The first kappa shape index (κ1) is 27.3. The summed E-state index contributed by atoms with van der Waals surface area (Å²) in [5.41, 5.74) is 2.74. The van der Waals surface area contributed by atoms with E-state index in [2.05, 4.69) is 71.7 Å². The molecule has 0 saturated heterocycles. The van der Waals surface area contributed by atoms with E-state index in [9.17, 15) is 0 Å². The Kier molecular flexibility index (Phi) is 17.4. The van der Waals surface area contributed by atoms with Gasteiger partial charge in [-0.05, 0) is 65.2 Å². The van der Waals surface area contributed by atoms with Crippen molar-refractivity contribution in [3.63, 3.8) is 0 Å². The van der Waals surface area contributed by atoms with Crippen LogP contribution in [0.5, 0.6) is 0 Å². The van der Waals surface area contributed by atoms with Gasteiger partial charge in [0.2, 0.25) is 0 Å². The zero-order valence-electron chi connectivity index (χ0n) is 18.1. The number of methoxy groups -OCH3 is 2. The molecular weight excluding hydrogens is 472 g/mol. The molecule has 0 aliphatic rings. The molecule has 0 fully saturated rings. The zero-order valence-corrected chi connectivity index (χ0v) is 21.3. The predicted molar refractivity (Wildman–Crippen MR) is 124 cm³/mol. The van der Waals surface area contributed by atoms with E-state index in [0.717, 1.165) is 49.2 Å². The summed E-state index contributed by atoms with van der Waals surface area (Å²) in [7, 11) is 3.44. The molecule has 0 N–H and O–H groups in total. The molecule has 5 heteroatoms. The quantitative estimate of drug-likeness (QED) is 0.124. The van der Waals surface area contributed by atoms with Crippen molar-refractivity contribution < 1.29 is 14.2 Å². The van der Waals surface area contributed by atoms with Gasteiger partial charge < -0.3 is 14.2 Å². The van der Waals surface area contributed by atoms with E-state index >= 15 is 0 Å². The van der Waals surface area contributed by atoms with Gasteiger partial charge >= 0.3 is 0 Å². The van der Waals surface area contributed by atoms with Crippen LogP contribution >= 0.6 is 31.9 Å². The summed E-state index contributed by atoms with van der Waals surface area (Å²) >= 11 is 7.28. The Balaban J connectivity index is 4.58. The van der Waals surface area contributed by atoms with Crippen molar-refractivity contribution in [3.05, 3.63) is 23.3 Å². The fourth-order valence-corrected chi connectivity index (χ4v) is 4.04. The summed E-state index contributed by atoms with van der Waals surface area (Å²) in [6.07, 6.45) is 10.3. The molecule has 0 aromatic carbocycles. The normalized spacial score (nSPS) is 15.7. The average Bonchev–Trinajstić information content (AvgIpc) is 2.63. The van der Waals surface area contributed by atoms with Crippen molar-refractivity contribution in [2.45, 2.75) is 78.8 Å². The van der Waals surface area contributed by atoms with Crippen LogP contribution in [0.2, 0.25) is 0 Å². The van der Waals surface area contributed by atoms with Gasteiger partial charge in [0, 0.05) is 37.7 Å². The fourth-order valence-electron chi connectivity index (χ4n) is 2.86. The zero-order chi connectivity index (χ0) is 20.7. The number of hydrogen-bond donors (Lipinski definition) is 0. The Morgan fingerprint density at radius 3 is 1.37 bits per heavy atom. The van der Waals surface area contributed by atoms with Crippen LogP contribution in [0.1, 0.15) is 66.2 Å². The summed E-state index contributed by atoms with van der Waals surface area (Å²) in [6.45, 7) is 8.58. The summed E-state index contributed by atoms with van der Waals surface area (Å²) in [4.78, 5) is 0. The number of rotatable bonds is 16. The van der Waals surface area contributed by atoms with Gasteiger partial charge in [-0.3, -0.25) is 0 Å². The highest BCUT2D eigenvalue weighted by Crippen LogP contribution is 2.24. The molecule has 0 heterocycles. The van der Waals surface area contributed by atoms with Gasteiger partial charge in [-0.15, -0.1) is 0 Å².